The van der Waals surface area contributed by atoms with Gasteiger partial charge in [0.05, 0.1) is 27.8 Å². The molecule has 0 saturated heterocycles. The lowest BCUT2D eigenvalue weighted by molar-refractivity contribution is -0.137. The van der Waals surface area contributed by atoms with Crippen LogP contribution < -0.4 is 16.2 Å². The molecular weight excluding hydrogens is 445 g/mol. The molecule has 0 aliphatic carbocycles. The number of thioether (sulfide) groups is 1. The van der Waals surface area contributed by atoms with E-state index in [1.165, 1.54) is 11.8 Å². The van der Waals surface area contributed by atoms with Crippen LogP contribution in [0.3, 0.4) is 0 Å². The van der Waals surface area contributed by atoms with Gasteiger partial charge in [-0.2, -0.15) is 13.2 Å². The summed E-state index contributed by atoms with van der Waals surface area (Å²) in [6, 6.07) is 2.48. The van der Waals surface area contributed by atoms with E-state index in [2.05, 4.69) is 20.6 Å². The van der Waals surface area contributed by atoms with Crippen molar-refractivity contribution in [1.29, 1.82) is 0 Å². The first-order valence-electron chi connectivity index (χ1n) is 8.84. The van der Waals surface area contributed by atoms with E-state index in [0.717, 1.165) is 18.6 Å². The van der Waals surface area contributed by atoms with E-state index in [9.17, 15) is 27.6 Å². The predicted molar refractivity (Wildman–Crippen MR) is 107 cm³/mol. The molecule has 0 spiro atoms. The Morgan fingerprint density at radius 2 is 2.10 bits per heavy atom. The Bertz CT molecular complexity index is 1060. The summed E-state index contributed by atoms with van der Waals surface area (Å²) in [4.78, 5) is 44.1. The van der Waals surface area contributed by atoms with Crippen LogP contribution >= 0.6 is 23.4 Å². The number of rotatable bonds is 5. The van der Waals surface area contributed by atoms with Gasteiger partial charge in [0.15, 0.2) is 5.16 Å². The third-order valence-corrected chi connectivity index (χ3v) is 5.65. The summed E-state index contributed by atoms with van der Waals surface area (Å²) in [6.45, 7) is 1.95. The van der Waals surface area contributed by atoms with E-state index in [4.69, 9.17) is 11.6 Å². The van der Waals surface area contributed by atoms with E-state index in [1.807, 2.05) is 6.92 Å². The van der Waals surface area contributed by atoms with Crippen molar-refractivity contribution in [2.75, 3.05) is 16.4 Å². The summed E-state index contributed by atoms with van der Waals surface area (Å²) in [5.74, 6) is -1.96. The number of halogens is 4. The number of benzene rings is 1. The summed E-state index contributed by atoms with van der Waals surface area (Å²) in [5.41, 5.74) is -1.94. The van der Waals surface area contributed by atoms with Crippen molar-refractivity contribution < 1.29 is 22.8 Å². The highest BCUT2D eigenvalue weighted by Gasteiger charge is 2.36. The Labute approximate surface area is 177 Å². The normalized spacial score (nSPS) is 16.0. The third kappa shape index (κ3) is 4.78. The third-order valence-electron chi connectivity index (χ3n) is 4.24. The molecule has 1 aliphatic heterocycles. The van der Waals surface area contributed by atoms with E-state index in [0.29, 0.717) is 17.0 Å². The van der Waals surface area contributed by atoms with Crippen LogP contribution in [0.25, 0.3) is 0 Å². The fourth-order valence-corrected chi connectivity index (χ4v) is 3.74. The molecule has 1 aromatic carbocycles. The average molecular weight is 461 g/mol. The number of nitrogens with zero attached hydrogens (tertiary/aromatic N) is 1. The Balaban J connectivity index is 1.93. The molecule has 2 heterocycles. The summed E-state index contributed by atoms with van der Waals surface area (Å²) >= 11 is 7.20. The van der Waals surface area contributed by atoms with Gasteiger partial charge < -0.3 is 15.6 Å². The molecule has 1 atom stereocenters. The highest BCUT2D eigenvalue weighted by Crippen LogP contribution is 2.35. The standard InChI is InChI=1S/C18H16ClF3N4O3S/c1-2-5-30-17-25-14-13(16(29)26-17)9(7-12(27)24-14)15(28)23-11-6-8(18(20,21)22)3-4-10(11)19/h3-4,6,9H,2,5,7H2,1H3,(H,23,28)(H2,24,25,26,27,29). The SMILES string of the molecule is CCCSc1nc2c(c(=O)[nH]1)C(C(=O)Nc1cc(C(F)(F)F)ccc1Cl)CC(=O)N2. The van der Waals surface area contributed by atoms with Crippen LogP contribution in [-0.4, -0.2) is 27.5 Å². The molecule has 0 saturated carbocycles. The first kappa shape index (κ1) is 22.2. The summed E-state index contributed by atoms with van der Waals surface area (Å²) in [7, 11) is 0. The zero-order chi connectivity index (χ0) is 22.1. The Kier molecular flexibility index (Phi) is 6.41. The zero-order valence-corrected chi connectivity index (χ0v) is 17.1. The van der Waals surface area contributed by atoms with E-state index >= 15 is 0 Å². The second-order valence-corrected chi connectivity index (χ2v) is 7.96. The number of hydrogen-bond donors (Lipinski definition) is 3. The molecule has 160 valence electrons. The fourth-order valence-electron chi connectivity index (χ4n) is 2.86. The van der Waals surface area contributed by atoms with Gasteiger partial charge in [-0.25, -0.2) is 4.98 Å². The van der Waals surface area contributed by atoms with Gasteiger partial charge >= 0.3 is 6.18 Å². The number of aromatic nitrogens is 2. The van der Waals surface area contributed by atoms with Gasteiger partial charge in [0.2, 0.25) is 11.8 Å². The molecule has 3 rings (SSSR count). The first-order chi connectivity index (χ1) is 14.1. The van der Waals surface area contributed by atoms with Crippen LogP contribution in [0.1, 0.15) is 36.8 Å². The van der Waals surface area contributed by atoms with E-state index < -0.39 is 35.0 Å². The molecule has 7 nitrogen and oxygen atoms in total. The van der Waals surface area contributed by atoms with Crippen molar-refractivity contribution in [2.45, 2.75) is 37.0 Å². The van der Waals surface area contributed by atoms with Crippen LogP contribution in [0, 0.1) is 0 Å². The summed E-state index contributed by atoms with van der Waals surface area (Å²) in [5, 5.41) is 4.94. The lowest BCUT2D eigenvalue weighted by atomic mass is 9.92. The van der Waals surface area contributed by atoms with Crippen LogP contribution in [-0.2, 0) is 15.8 Å². The van der Waals surface area contributed by atoms with E-state index in [-0.39, 0.29) is 28.5 Å². The molecule has 1 aromatic heterocycles. The molecular formula is C18H16ClF3N4O3S. The van der Waals surface area contributed by atoms with Gasteiger partial charge in [0.1, 0.15) is 5.82 Å². The van der Waals surface area contributed by atoms with Gasteiger partial charge in [-0.15, -0.1) is 0 Å². The van der Waals surface area contributed by atoms with Crippen molar-refractivity contribution in [3.63, 3.8) is 0 Å². The van der Waals surface area contributed by atoms with Gasteiger partial charge in [-0.3, -0.25) is 14.4 Å². The Hall–Kier alpha value is -2.53. The molecule has 30 heavy (non-hydrogen) atoms. The van der Waals surface area contributed by atoms with Gasteiger partial charge in [-0.1, -0.05) is 30.3 Å². The minimum absolute atomic E-state index is 0.0381. The average Bonchev–Trinajstić information content (AvgIpc) is 2.66. The van der Waals surface area contributed by atoms with Crippen molar-refractivity contribution in [2.24, 2.45) is 0 Å². The van der Waals surface area contributed by atoms with Crippen LogP contribution in [0.15, 0.2) is 28.2 Å². The summed E-state index contributed by atoms with van der Waals surface area (Å²) < 4.78 is 38.9. The second kappa shape index (κ2) is 8.68. The van der Waals surface area contributed by atoms with Gasteiger partial charge in [0, 0.05) is 12.2 Å². The lowest BCUT2D eigenvalue weighted by Crippen LogP contribution is -2.36. The van der Waals surface area contributed by atoms with Crippen LogP contribution in [0.2, 0.25) is 5.02 Å². The van der Waals surface area contributed by atoms with E-state index in [1.54, 1.807) is 0 Å². The van der Waals surface area contributed by atoms with Crippen LogP contribution in [0.5, 0.6) is 0 Å². The fraction of sp³-hybridized carbons (Fsp3) is 0.333. The number of carbonyl (C=O) groups is 2. The zero-order valence-electron chi connectivity index (χ0n) is 15.5. The highest BCUT2D eigenvalue weighted by molar-refractivity contribution is 7.99. The largest absolute Gasteiger partial charge is 0.416 e. The molecule has 12 heteroatoms. The topological polar surface area (TPSA) is 104 Å². The van der Waals surface area contributed by atoms with Gasteiger partial charge in [-0.05, 0) is 24.6 Å². The van der Waals surface area contributed by atoms with Crippen molar-refractivity contribution in [3.05, 3.63) is 44.7 Å². The number of nitrogens with one attached hydrogen (secondary N) is 3. The second-order valence-electron chi connectivity index (χ2n) is 6.47. The number of aromatic amines is 1. The van der Waals surface area contributed by atoms with Crippen molar-refractivity contribution in [1.82, 2.24) is 9.97 Å². The lowest BCUT2D eigenvalue weighted by Gasteiger charge is -2.23. The maximum Gasteiger partial charge on any atom is 0.416 e. The maximum absolute atomic E-state index is 13.0. The maximum atomic E-state index is 13.0. The number of H-pyrrole nitrogens is 1. The number of anilines is 2. The number of hydrogen-bond acceptors (Lipinski definition) is 5. The Morgan fingerprint density at radius 3 is 2.77 bits per heavy atom. The molecule has 0 radical (unpaired) electrons. The number of alkyl halides is 3. The Morgan fingerprint density at radius 1 is 1.37 bits per heavy atom. The molecule has 0 fully saturated rings. The highest BCUT2D eigenvalue weighted by atomic mass is 35.5. The van der Waals surface area contributed by atoms with Crippen LogP contribution in [0.4, 0.5) is 24.7 Å². The molecule has 0 bridgehead atoms. The smallest absolute Gasteiger partial charge is 0.324 e. The number of fused-ring (bicyclic) bond motifs is 1. The molecule has 1 unspecified atom stereocenters. The quantitative estimate of drug-likeness (QED) is 0.462. The van der Waals surface area contributed by atoms with Crippen molar-refractivity contribution in [3.8, 4) is 0 Å². The van der Waals surface area contributed by atoms with Crippen molar-refractivity contribution >= 4 is 46.7 Å². The molecule has 1 aliphatic rings. The summed E-state index contributed by atoms with van der Waals surface area (Å²) in [6.07, 6.45) is -4.16. The molecule has 2 amide bonds. The van der Waals surface area contributed by atoms with Gasteiger partial charge in [0.25, 0.3) is 5.56 Å². The predicted octanol–water partition coefficient (Wildman–Crippen LogP) is 4.01. The first-order valence-corrected chi connectivity index (χ1v) is 10.2. The minimum Gasteiger partial charge on any atom is -0.324 e. The minimum atomic E-state index is -4.63. The monoisotopic (exact) mass is 460 g/mol. The molecule has 3 N–H and O–H groups in total. The number of carbonyl (C=O) groups excluding carboxylic acids is 2. The number of amides is 2. The molecule has 2 aromatic rings.